The van der Waals surface area contributed by atoms with Crippen molar-refractivity contribution in [2.75, 3.05) is 5.88 Å². The fourth-order valence-electron chi connectivity index (χ4n) is 0.596. The Bertz CT molecular complexity index is 115. The normalized spacial score (nSPS) is 34.8. The molecule has 0 bridgehead atoms. The van der Waals surface area contributed by atoms with Crippen molar-refractivity contribution in [1.29, 1.82) is 0 Å². The standard InChI is InChI=1S/C5H6ClFO/c6-2-5(8)3-1-4(3)7/h3-4H,1-2H2/t3-,4-/m1/s1. The topological polar surface area (TPSA) is 17.1 Å². The molecule has 1 fully saturated rings. The van der Waals surface area contributed by atoms with E-state index in [1.807, 2.05) is 0 Å². The SMILES string of the molecule is O=C(CCl)[C@@H]1C[C@H]1F. The van der Waals surface area contributed by atoms with Crippen molar-refractivity contribution in [2.24, 2.45) is 5.92 Å². The van der Waals surface area contributed by atoms with E-state index in [4.69, 9.17) is 11.6 Å². The zero-order valence-electron chi connectivity index (χ0n) is 4.23. The molecule has 0 heterocycles. The molecule has 2 atom stereocenters. The van der Waals surface area contributed by atoms with Crippen LogP contribution in [0.3, 0.4) is 0 Å². The van der Waals surface area contributed by atoms with Gasteiger partial charge in [-0.1, -0.05) is 0 Å². The maximum Gasteiger partial charge on any atom is 0.153 e. The van der Waals surface area contributed by atoms with Crippen molar-refractivity contribution in [3.8, 4) is 0 Å². The van der Waals surface area contributed by atoms with Gasteiger partial charge in [-0.2, -0.15) is 0 Å². The number of ketones is 1. The zero-order valence-corrected chi connectivity index (χ0v) is 4.99. The van der Waals surface area contributed by atoms with E-state index < -0.39 is 6.17 Å². The van der Waals surface area contributed by atoms with Crippen molar-refractivity contribution < 1.29 is 9.18 Å². The van der Waals surface area contributed by atoms with Crippen molar-refractivity contribution in [1.82, 2.24) is 0 Å². The molecule has 1 nitrogen and oxygen atoms in total. The molecule has 0 radical (unpaired) electrons. The summed E-state index contributed by atoms with van der Waals surface area (Å²) < 4.78 is 11.9. The number of halogens is 2. The first-order chi connectivity index (χ1) is 3.75. The van der Waals surface area contributed by atoms with E-state index in [0.29, 0.717) is 6.42 Å². The Kier molecular flexibility index (Phi) is 1.52. The molecule has 0 aromatic rings. The van der Waals surface area contributed by atoms with Crippen molar-refractivity contribution in [2.45, 2.75) is 12.6 Å². The second-order valence-electron chi connectivity index (χ2n) is 1.96. The summed E-state index contributed by atoms with van der Waals surface area (Å²) in [4.78, 5) is 10.4. The van der Waals surface area contributed by atoms with Crippen LogP contribution in [-0.4, -0.2) is 17.8 Å². The molecule has 3 heteroatoms. The Balaban J connectivity index is 2.28. The summed E-state index contributed by atoms with van der Waals surface area (Å²) in [7, 11) is 0. The highest BCUT2D eigenvalue weighted by atomic mass is 35.5. The molecular weight excluding hydrogens is 131 g/mol. The van der Waals surface area contributed by atoms with Gasteiger partial charge in [-0.15, -0.1) is 11.6 Å². The Morgan fingerprint density at radius 2 is 2.38 bits per heavy atom. The first-order valence-electron chi connectivity index (χ1n) is 2.48. The molecule has 1 aliphatic rings. The second kappa shape index (κ2) is 2.02. The van der Waals surface area contributed by atoms with Gasteiger partial charge >= 0.3 is 0 Å². The summed E-state index contributed by atoms with van der Waals surface area (Å²) in [6.07, 6.45) is -0.493. The van der Waals surface area contributed by atoms with Gasteiger partial charge in [-0.3, -0.25) is 4.79 Å². The quantitative estimate of drug-likeness (QED) is 0.521. The molecule has 8 heavy (non-hydrogen) atoms. The Hall–Kier alpha value is -0.110. The molecule has 0 saturated heterocycles. The molecule has 0 spiro atoms. The van der Waals surface area contributed by atoms with Crippen molar-refractivity contribution in [3.05, 3.63) is 0 Å². The third-order valence-electron chi connectivity index (χ3n) is 1.26. The molecule has 0 aliphatic heterocycles. The predicted octanol–water partition coefficient (Wildman–Crippen LogP) is 1.15. The molecule has 0 N–H and O–H groups in total. The van der Waals surface area contributed by atoms with Crippen LogP contribution < -0.4 is 0 Å². The highest BCUT2D eigenvalue weighted by molar-refractivity contribution is 6.28. The van der Waals surface area contributed by atoms with Gasteiger partial charge in [0.2, 0.25) is 0 Å². The average molecular weight is 137 g/mol. The summed E-state index contributed by atoms with van der Waals surface area (Å²) in [5, 5.41) is 0. The molecule has 0 aromatic carbocycles. The largest absolute Gasteiger partial charge is 0.298 e. The van der Waals surface area contributed by atoms with Gasteiger partial charge in [-0.25, -0.2) is 4.39 Å². The Labute approximate surface area is 51.8 Å². The fourth-order valence-corrected chi connectivity index (χ4v) is 0.794. The third-order valence-corrected chi connectivity index (χ3v) is 1.52. The minimum absolute atomic E-state index is 0.0366. The van der Waals surface area contributed by atoms with E-state index in [1.165, 1.54) is 0 Å². The molecule has 1 rings (SSSR count). The second-order valence-corrected chi connectivity index (χ2v) is 2.23. The van der Waals surface area contributed by atoms with Gasteiger partial charge in [0.25, 0.3) is 0 Å². The van der Waals surface area contributed by atoms with E-state index >= 15 is 0 Å². The number of hydrogen-bond donors (Lipinski definition) is 0. The van der Waals surface area contributed by atoms with Crippen LogP contribution >= 0.6 is 11.6 Å². The van der Waals surface area contributed by atoms with E-state index in [9.17, 15) is 9.18 Å². The van der Waals surface area contributed by atoms with Gasteiger partial charge in [0.15, 0.2) is 5.78 Å². The third kappa shape index (κ3) is 0.996. The summed E-state index contributed by atoms with van der Waals surface area (Å²) in [6, 6.07) is 0. The predicted molar refractivity (Wildman–Crippen MR) is 28.7 cm³/mol. The van der Waals surface area contributed by atoms with E-state index in [-0.39, 0.29) is 17.6 Å². The van der Waals surface area contributed by atoms with E-state index in [0.717, 1.165) is 0 Å². The van der Waals surface area contributed by atoms with E-state index in [1.54, 1.807) is 0 Å². The number of carbonyl (C=O) groups is 1. The molecule has 0 unspecified atom stereocenters. The molecule has 0 aromatic heterocycles. The number of carbonyl (C=O) groups excluding carboxylic acids is 1. The van der Waals surface area contributed by atoms with Crippen LogP contribution in [0.4, 0.5) is 4.39 Å². The number of hydrogen-bond acceptors (Lipinski definition) is 1. The molecule has 46 valence electrons. The highest BCUT2D eigenvalue weighted by Crippen LogP contribution is 2.34. The highest BCUT2D eigenvalue weighted by Gasteiger charge is 2.42. The first-order valence-corrected chi connectivity index (χ1v) is 3.02. The molecular formula is C5H6ClFO. The molecule has 1 aliphatic carbocycles. The van der Waals surface area contributed by atoms with Crippen molar-refractivity contribution >= 4 is 17.4 Å². The maximum absolute atomic E-state index is 11.9. The molecule has 1 saturated carbocycles. The lowest BCUT2D eigenvalue weighted by molar-refractivity contribution is -0.118. The fraction of sp³-hybridized carbons (Fsp3) is 0.800. The van der Waals surface area contributed by atoms with Crippen LogP contribution in [0, 0.1) is 5.92 Å². The van der Waals surface area contributed by atoms with Crippen LogP contribution in [0.15, 0.2) is 0 Å². The van der Waals surface area contributed by atoms with E-state index in [2.05, 4.69) is 0 Å². The molecule has 0 amide bonds. The number of Topliss-reactive ketones (excluding diaryl/α,β-unsaturated/α-hetero) is 1. The van der Waals surface area contributed by atoms with Crippen LogP contribution in [0.1, 0.15) is 6.42 Å². The monoisotopic (exact) mass is 136 g/mol. The smallest absolute Gasteiger partial charge is 0.153 e. The van der Waals surface area contributed by atoms with Crippen LogP contribution in [-0.2, 0) is 4.79 Å². The lowest BCUT2D eigenvalue weighted by Crippen LogP contribution is -2.03. The summed E-state index contributed by atoms with van der Waals surface area (Å²) >= 11 is 5.14. The summed E-state index contributed by atoms with van der Waals surface area (Å²) in [5.41, 5.74) is 0. The van der Waals surface area contributed by atoms with Crippen LogP contribution in [0.25, 0.3) is 0 Å². The van der Waals surface area contributed by atoms with Gasteiger partial charge in [0.05, 0.1) is 11.8 Å². The minimum atomic E-state index is -0.888. The van der Waals surface area contributed by atoms with Gasteiger partial charge < -0.3 is 0 Å². The minimum Gasteiger partial charge on any atom is -0.298 e. The Morgan fingerprint density at radius 1 is 1.88 bits per heavy atom. The first kappa shape index (κ1) is 6.02. The van der Waals surface area contributed by atoms with Crippen LogP contribution in [0.2, 0.25) is 0 Å². The van der Waals surface area contributed by atoms with Gasteiger partial charge in [0.1, 0.15) is 6.17 Å². The zero-order chi connectivity index (χ0) is 6.15. The number of alkyl halides is 2. The average Bonchev–Trinajstić information content (AvgIpc) is 2.45. The lowest BCUT2D eigenvalue weighted by atomic mass is 10.3. The maximum atomic E-state index is 11.9. The Morgan fingerprint density at radius 3 is 2.50 bits per heavy atom. The van der Waals surface area contributed by atoms with Crippen LogP contribution in [0.5, 0.6) is 0 Å². The van der Waals surface area contributed by atoms with Crippen molar-refractivity contribution in [3.63, 3.8) is 0 Å². The van der Waals surface area contributed by atoms with Gasteiger partial charge in [-0.05, 0) is 6.42 Å². The number of rotatable bonds is 2. The summed E-state index contributed by atoms with van der Waals surface area (Å²) in [5.74, 6) is -0.544. The lowest BCUT2D eigenvalue weighted by Gasteiger charge is -1.84. The summed E-state index contributed by atoms with van der Waals surface area (Å²) in [6.45, 7) is 0. The van der Waals surface area contributed by atoms with Gasteiger partial charge in [0, 0.05) is 0 Å².